The second-order valence-corrected chi connectivity index (χ2v) is 5.17. The summed E-state index contributed by atoms with van der Waals surface area (Å²) in [6.07, 6.45) is 0. The molecule has 26 heavy (non-hydrogen) atoms. The van der Waals surface area contributed by atoms with Crippen LogP contribution in [0.25, 0.3) is 32.8 Å². The minimum absolute atomic E-state index is 0.0646. The molecule has 0 unspecified atom stereocenters. The summed E-state index contributed by atoms with van der Waals surface area (Å²) < 4.78 is 54.3. The van der Waals surface area contributed by atoms with Crippen LogP contribution < -0.4 is 0 Å². The zero-order chi connectivity index (χ0) is 18.6. The van der Waals surface area contributed by atoms with Crippen LogP contribution in [-0.4, -0.2) is 19.9 Å². The summed E-state index contributed by atoms with van der Waals surface area (Å²) in [5.74, 6) is -6.15. The molecule has 0 radical (unpaired) electrons. The lowest BCUT2D eigenvalue weighted by Gasteiger charge is -2.09. The van der Waals surface area contributed by atoms with Crippen LogP contribution in [-0.2, 0) is 0 Å². The molecule has 0 amide bonds. The van der Waals surface area contributed by atoms with E-state index in [4.69, 9.17) is 10.5 Å². The summed E-state index contributed by atoms with van der Waals surface area (Å²) >= 11 is 0. The van der Waals surface area contributed by atoms with E-state index < -0.39 is 23.8 Å². The van der Waals surface area contributed by atoms with Crippen LogP contribution in [0.1, 0.15) is 11.1 Å². The molecule has 0 aliphatic heterocycles. The molecule has 2 heterocycles. The molecule has 4 rings (SSSR count). The van der Waals surface area contributed by atoms with Gasteiger partial charge in [0.15, 0.2) is 0 Å². The third-order valence-corrected chi connectivity index (χ3v) is 3.76. The van der Waals surface area contributed by atoms with Crippen molar-refractivity contribution in [3.8, 4) is 12.1 Å². The van der Waals surface area contributed by atoms with Gasteiger partial charge in [-0.15, -0.1) is 0 Å². The smallest absolute Gasteiger partial charge is 0.213 e. The first-order valence-corrected chi connectivity index (χ1v) is 6.90. The van der Waals surface area contributed by atoms with Gasteiger partial charge < -0.3 is 0 Å². The zero-order valence-electron chi connectivity index (χ0n) is 12.3. The molecule has 0 fully saturated rings. The first-order chi connectivity index (χ1) is 12.4. The van der Waals surface area contributed by atoms with Crippen molar-refractivity contribution in [2.45, 2.75) is 0 Å². The molecule has 10 heteroatoms. The summed E-state index contributed by atoms with van der Waals surface area (Å²) in [6.45, 7) is 0. The predicted octanol–water partition coefficient (Wildman–Crippen LogP) is 3.03. The van der Waals surface area contributed by atoms with Crippen LogP contribution in [0, 0.1) is 46.5 Å². The normalized spacial score (nSPS) is 11.0. The number of fused-ring (bicyclic) bond motifs is 6. The van der Waals surface area contributed by atoms with Gasteiger partial charge in [0.2, 0.25) is 0 Å². The number of nitrogens with zero attached hydrogens (tertiary/aromatic N) is 6. The van der Waals surface area contributed by atoms with Crippen molar-refractivity contribution < 1.29 is 17.6 Å². The van der Waals surface area contributed by atoms with Gasteiger partial charge in [0, 0.05) is 10.8 Å². The Labute approximate surface area is 141 Å². The zero-order valence-corrected chi connectivity index (χ0v) is 12.3. The maximum absolute atomic E-state index is 13.6. The number of halogens is 4. The number of hydrogen-bond donors (Lipinski definition) is 0. The Morgan fingerprint density at radius 1 is 0.577 bits per heavy atom. The summed E-state index contributed by atoms with van der Waals surface area (Å²) in [4.78, 5) is 13.7. The summed E-state index contributed by atoms with van der Waals surface area (Å²) in [7, 11) is 0. The van der Waals surface area contributed by atoms with E-state index in [9.17, 15) is 17.6 Å². The first kappa shape index (κ1) is 15.6. The van der Waals surface area contributed by atoms with Crippen molar-refractivity contribution in [3.63, 3.8) is 0 Å². The van der Waals surface area contributed by atoms with Crippen LogP contribution in [0.5, 0.6) is 0 Å². The van der Waals surface area contributed by atoms with Crippen molar-refractivity contribution in [1.29, 1.82) is 10.5 Å². The summed E-state index contributed by atoms with van der Waals surface area (Å²) in [5, 5.41) is 18.5. The van der Waals surface area contributed by atoms with Gasteiger partial charge in [-0.25, -0.2) is 19.9 Å². The number of aromatic nitrogens is 4. The third-order valence-electron chi connectivity index (χ3n) is 3.76. The second-order valence-electron chi connectivity index (χ2n) is 5.17. The van der Waals surface area contributed by atoms with E-state index in [0.29, 0.717) is 0 Å². The molecule has 0 spiro atoms. The molecule has 0 bridgehead atoms. The fraction of sp³-hybridized carbons (Fsp3) is 0. The van der Waals surface area contributed by atoms with E-state index in [-0.39, 0.29) is 44.0 Å². The van der Waals surface area contributed by atoms with E-state index in [1.165, 1.54) is 12.1 Å². The molecule has 124 valence electrons. The first-order valence-electron chi connectivity index (χ1n) is 6.90. The Morgan fingerprint density at radius 3 is 1.19 bits per heavy atom. The van der Waals surface area contributed by atoms with E-state index in [2.05, 4.69) is 19.9 Å². The lowest BCUT2D eigenvalue weighted by atomic mass is 9.99. The van der Waals surface area contributed by atoms with Gasteiger partial charge in [0.05, 0.1) is 11.1 Å². The molecule has 0 saturated carbocycles. The predicted molar refractivity (Wildman–Crippen MR) is 79.4 cm³/mol. The van der Waals surface area contributed by atoms with Crippen LogP contribution in [0.3, 0.4) is 0 Å². The largest absolute Gasteiger partial charge is 0.269 e. The highest BCUT2D eigenvalue weighted by atomic mass is 19.2. The number of benzene rings is 2. The third kappa shape index (κ3) is 2.03. The lowest BCUT2D eigenvalue weighted by Crippen LogP contribution is -2.02. The molecule has 4 aromatic rings. The number of hydrogen-bond acceptors (Lipinski definition) is 6. The highest BCUT2D eigenvalue weighted by Gasteiger charge is 2.21. The van der Waals surface area contributed by atoms with Gasteiger partial charge in [-0.2, -0.15) is 28.1 Å². The number of rotatable bonds is 0. The molecule has 0 atom stereocenters. The minimum Gasteiger partial charge on any atom is -0.213 e. The van der Waals surface area contributed by atoms with Gasteiger partial charge in [-0.3, -0.25) is 0 Å². The second kappa shape index (κ2) is 5.29. The fourth-order valence-corrected chi connectivity index (χ4v) is 2.67. The molecule has 0 N–H and O–H groups in total. The molecule has 0 saturated heterocycles. The van der Waals surface area contributed by atoms with Crippen molar-refractivity contribution in [2.75, 3.05) is 0 Å². The Balaban J connectivity index is 2.40. The van der Waals surface area contributed by atoms with Crippen molar-refractivity contribution in [3.05, 3.63) is 47.1 Å². The summed E-state index contributed by atoms with van der Waals surface area (Å²) in [6, 6.07) is 5.98. The standard InChI is InChI=1S/C16H2F4N6/c17-13-15(19)25-11-9(23-13)7-1-5(3-21)6(4-22)2-8(7)10-12(11)26-16(20)14(18)24-10/h1-2H. The SMILES string of the molecule is N#Cc1cc2c(cc1C#N)c1nc(F)c(F)nc1c1nc(F)c(F)nc21. The van der Waals surface area contributed by atoms with Gasteiger partial charge >= 0.3 is 0 Å². The molecular weight excluding hydrogens is 352 g/mol. The average molecular weight is 354 g/mol. The fourth-order valence-electron chi connectivity index (χ4n) is 2.67. The van der Waals surface area contributed by atoms with E-state index in [0.717, 1.165) is 0 Å². The van der Waals surface area contributed by atoms with Gasteiger partial charge in [-0.1, -0.05) is 0 Å². The Bertz CT molecular complexity index is 1250. The van der Waals surface area contributed by atoms with E-state index >= 15 is 0 Å². The van der Waals surface area contributed by atoms with Crippen molar-refractivity contribution >= 4 is 32.8 Å². The van der Waals surface area contributed by atoms with Gasteiger partial charge in [0.25, 0.3) is 23.8 Å². The highest BCUT2D eigenvalue weighted by Crippen LogP contribution is 2.33. The van der Waals surface area contributed by atoms with Crippen LogP contribution >= 0.6 is 0 Å². The van der Waals surface area contributed by atoms with Crippen LogP contribution in [0.4, 0.5) is 17.6 Å². The topological polar surface area (TPSA) is 99.1 Å². The molecular formula is C16H2F4N6. The Hall–Kier alpha value is -3.92. The Morgan fingerprint density at radius 2 is 0.885 bits per heavy atom. The van der Waals surface area contributed by atoms with E-state index in [1.54, 1.807) is 12.1 Å². The molecule has 6 nitrogen and oxygen atoms in total. The van der Waals surface area contributed by atoms with Crippen LogP contribution in [0.15, 0.2) is 12.1 Å². The lowest BCUT2D eigenvalue weighted by molar-refractivity contribution is 0.457. The van der Waals surface area contributed by atoms with Gasteiger partial charge in [-0.05, 0) is 12.1 Å². The van der Waals surface area contributed by atoms with Crippen molar-refractivity contribution in [1.82, 2.24) is 19.9 Å². The van der Waals surface area contributed by atoms with Crippen molar-refractivity contribution in [2.24, 2.45) is 0 Å². The highest BCUT2D eigenvalue weighted by molar-refractivity contribution is 6.20. The quantitative estimate of drug-likeness (QED) is 0.355. The van der Waals surface area contributed by atoms with Gasteiger partial charge in [0.1, 0.15) is 34.2 Å². The molecule has 0 aliphatic rings. The van der Waals surface area contributed by atoms with E-state index in [1.807, 2.05) is 0 Å². The monoisotopic (exact) mass is 354 g/mol. The minimum atomic E-state index is -1.56. The average Bonchev–Trinajstić information content (AvgIpc) is 2.63. The molecule has 2 aromatic carbocycles. The number of nitriles is 2. The molecule has 2 aromatic heterocycles. The summed E-state index contributed by atoms with van der Waals surface area (Å²) in [5.41, 5.74) is -1.30. The maximum atomic E-state index is 13.6. The van der Waals surface area contributed by atoms with Crippen LogP contribution in [0.2, 0.25) is 0 Å². The maximum Gasteiger partial charge on any atom is 0.269 e. The Kier molecular flexibility index (Phi) is 3.17. The molecule has 0 aliphatic carbocycles.